The van der Waals surface area contributed by atoms with E-state index in [1.54, 1.807) is 0 Å². The largest absolute Gasteiger partial charge is 0.389 e. The molecule has 0 aromatic heterocycles. The Kier molecular flexibility index (Phi) is 1.79. The second-order valence-electron chi connectivity index (χ2n) is 2.04. The quantitative estimate of drug-likeness (QED) is 0.571. The number of hydrogen-bond acceptors (Lipinski definition) is 1. The van der Waals surface area contributed by atoms with E-state index in [-0.39, 0.29) is 0 Å². The second kappa shape index (κ2) is 2.40. The van der Waals surface area contributed by atoms with E-state index in [2.05, 4.69) is 12.2 Å². The van der Waals surface area contributed by atoms with Crippen molar-refractivity contribution in [2.24, 2.45) is 5.92 Å². The molecular weight excluding hydrogens is 122 g/mol. The maximum atomic E-state index is 5.78. The molecule has 0 fully saturated rings. The average molecular weight is 132 g/mol. The zero-order valence-electron chi connectivity index (χ0n) is 4.95. The second-order valence-corrected chi connectivity index (χ2v) is 2.48. The smallest absolute Gasteiger partial charge is 0.0385 e. The summed E-state index contributed by atoms with van der Waals surface area (Å²) in [6, 6.07) is 0. The normalized spacial score (nSPS) is 27.2. The Morgan fingerprint density at radius 3 is 3.00 bits per heavy atom. The van der Waals surface area contributed by atoms with Gasteiger partial charge >= 0.3 is 0 Å². The Hall–Kier alpha value is -0.170. The summed E-state index contributed by atoms with van der Waals surface area (Å²) in [5.74, 6) is 0.580. The minimum Gasteiger partial charge on any atom is -0.389 e. The van der Waals surface area contributed by atoms with Crippen molar-refractivity contribution >= 4 is 11.6 Å². The lowest BCUT2D eigenvalue weighted by atomic mass is 10.1. The summed E-state index contributed by atoms with van der Waals surface area (Å²) in [5.41, 5.74) is 0. The lowest BCUT2D eigenvalue weighted by Gasteiger charge is -2.02. The van der Waals surface area contributed by atoms with Crippen LogP contribution in [-0.4, -0.2) is 6.54 Å². The van der Waals surface area contributed by atoms with Gasteiger partial charge in [0.15, 0.2) is 0 Å². The van der Waals surface area contributed by atoms with E-state index in [1.165, 1.54) is 0 Å². The van der Waals surface area contributed by atoms with Crippen LogP contribution in [0.25, 0.3) is 0 Å². The first-order chi connectivity index (χ1) is 3.84. The number of rotatable bonds is 1. The van der Waals surface area contributed by atoms with E-state index in [1.807, 2.05) is 6.20 Å². The van der Waals surface area contributed by atoms with Gasteiger partial charge in [-0.25, -0.2) is 0 Å². The van der Waals surface area contributed by atoms with Crippen LogP contribution in [0.2, 0.25) is 0 Å². The Balaban J connectivity index is 2.46. The molecule has 0 radical (unpaired) electrons. The molecule has 0 amide bonds. The molecule has 2 heteroatoms. The molecule has 1 heterocycles. The third-order valence-electron chi connectivity index (χ3n) is 1.49. The number of halogens is 1. The Morgan fingerprint density at radius 2 is 2.75 bits per heavy atom. The minimum atomic E-state index is 0.580. The SMILES string of the molecule is CCC1CNC=C1Cl. The number of nitrogens with one attached hydrogen (secondary N) is 1. The van der Waals surface area contributed by atoms with Gasteiger partial charge in [-0.1, -0.05) is 18.5 Å². The van der Waals surface area contributed by atoms with Gasteiger partial charge in [-0.05, 0) is 6.42 Å². The van der Waals surface area contributed by atoms with Crippen LogP contribution in [0.15, 0.2) is 11.2 Å². The first kappa shape index (κ1) is 5.96. The lowest BCUT2D eigenvalue weighted by Crippen LogP contribution is -2.07. The highest BCUT2D eigenvalue weighted by molar-refractivity contribution is 6.30. The van der Waals surface area contributed by atoms with Gasteiger partial charge in [0.2, 0.25) is 0 Å². The molecular formula is C6H10ClN. The lowest BCUT2D eigenvalue weighted by molar-refractivity contribution is 0.627. The molecule has 0 saturated carbocycles. The fraction of sp³-hybridized carbons (Fsp3) is 0.667. The average Bonchev–Trinajstić information content (AvgIpc) is 2.14. The summed E-state index contributed by atoms with van der Waals surface area (Å²) in [5, 5.41) is 4.06. The molecule has 0 aromatic rings. The van der Waals surface area contributed by atoms with Crippen LogP contribution in [0.3, 0.4) is 0 Å². The first-order valence-electron chi connectivity index (χ1n) is 2.93. The van der Waals surface area contributed by atoms with Crippen molar-refractivity contribution in [1.82, 2.24) is 5.32 Å². The molecule has 1 rings (SSSR count). The molecule has 8 heavy (non-hydrogen) atoms. The van der Waals surface area contributed by atoms with E-state index in [4.69, 9.17) is 11.6 Å². The maximum absolute atomic E-state index is 5.78. The van der Waals surface area contributed by atoms with Crippen LogP contribution in [0.5, 0.6) is 0 Å². The molecule has 0 saturated heterocycles. The van der Waals surface area contributed by atoms with Crippen LogP contribution in [0.1, 0.15) is 13.3 Å². The molecule has 1 atom stereocenters. The van der Waals surface area contributed by atoms with Crippen molar-refractivity contribution < 1.29 is 0 Å². The maximum Gasteiger partial charge on any atom is 0.0385 e. The van der Waals surface area contributed by atoms with Gasteiger partial charge < -0.3 is 5.32 Å². The third kappa shape index (κ3) is 0.972. The Morgan fingerprint density at radius 1 is 2.00 bits per heavy atom. The topological polar surface area (TPSA) is 12.0 Å². The standard InChI is InChI=1S/C6H10ClN/c1-2-5-3-8-4-6(5)7/h4-5,8H,2-3H2,1H3. The molecule has 0 bridgehead atoms. The van der Waals surface area contributed by atoms with E-state index >= 15 is 0 Å². The van der Waals surface area contributed by atoms with Crippen LogP contribution in [0.4, 0.5) is 0 Å². The van der Waals surface area contributed by atoms with Crippen LogP contribution < -0.4 is 5.32 Å². The van der Waals surface area contributed by atoms with E-state index < -0.39 is 0 Å². The van der Waals surface area contributed by atoms with Crippen LogP contribution in [-0.2, 0) is 0 Å². The zero-order valence-corrected chi connectivity index (χ0v) is 5.70. The molecule has 0 spiro atoms. The predicted octanol–water partition coefficient (Wildman–Crippen LogP) is 1.70. The third-order valence-corrected chi connectivity index (χ3v) is 1.90. The molecule has 1 aliphatic rings. The van der Waals surface area contributed by atoms with Crippen molar-refractivity contribution in [2.75, 3.05) is 6.54 Å². The summed E-state index contributed by atoms with van der Waals surface area (Å²) < 4.78 is 0. The van der Waals surface area contributed by atoms with E-state index in [0.29, 0.717) is 5.92 Å². The summed E-state index contributed by atoms with van der Waals surface area (Å²) in [7, 11) is 0. The fourth-order valence-electron chi connectivity index (χ4n) is 0.853. The number of hydrogen-bond donors (Lipinski definition) is 1. The Bertz CT molecular complexity index is 109. The van der Waals surface area contributed by atoms with E-state index in [0.717, 1.165) is 18.0 Å². The highest BCUT2D eigenvalue weighted by Gasteiger charge is 2.13. The first-order valence-corrected chi connectivity index (χ1v) is 3.31. The highest BCUT2D eigenvalue weighted by atomic mass is 35.5. The molecule has 1 aliphatic heterocycles. The van der Waals surface area contributed by atoms with Crippen molar-refractivity contribution in [3.8, 4) is 0 Å². The van der Waals surface area contributed by atoms with Crippen LogP contribution >= 0.6 is 11.6 Å². The van der Waals surface area contributed by atoms with Crippen molar-refractivity contribution in [1.29, 1.82) is 0 Å². The van der Waals surface area contributed by atoms with Crippen LogP contribution in [0, 0.1) is 5.92 Å². The van der Waals surface area contributed by atoms with Gasteiger partial charge in [0.25, 0.3) is 0 Å². The van der Waals surface area contributed by atoms with Gasteiger partial charge in [0.1, 0.15) is 0 Å². The zero-order chi connectivity index (χ0) is 5.98. The predicted molar refractivity (Wildman–Crippen MR) is 35.7 cm³/mol. The summed E-state index contributed by atoms with van der Waals surface area (Å²) in [4.78, 5) is 0. The van der Waals surface area contributed by atoms with Gasteiger partial charge in [0, 0.05) is 23.7 Å². The molecule has 1 N–H and O–H groups in total. The summed E-state index contributed by atoms with van der Waals surface area (Å²) in [6.07, 6.45) is 3.03. The monoisotopic (exact) mass is 131 g/mol. The van der Waals surface area contributed by atoms with Gasteiger partial charge in [0.05, 0.1) is 0 Å². The van der Waals surface area contributed by atoms with E-state index in [9.17, 15) is 0 Å². The minimum absolute atomic E-state index is 0.580. The van der Waals surface area contributed by atoms with Gasteiger partial charge in [-0.3, -0.25) is 0 Å². The van der Waals surface area contributed by atoms with Crippen molar-refractivity contribution in [2.45, 2.75) is 13.3 Å². The van der Waals surface area contributed by atoms with Crippen molar-refractivity contribution in [3.05, 3.63) is 11.2 Å². The fourth-order valence-corrected chi connectivity index (χ4v) is 1.16. The van der Waals surface area contributed by atoms with Crippen molar-refractivity contribution in [3.63, 3.8) is 0 Å². The molecule has 1 unspecified atom stereocenters. The summed E-state index contributed by atoms with van der Waals surface area (Å²) in [6.45, 7) is 3.17. The molecule has 46 valence electrons. The van der Waals surface area contributed by atoms with Gasteiger partial charge in [-0.15, -0.1) is 0 Å². The Labute approximate surface area is 54.7 Å². The molecule has 0 aromatic carbocycles. The van der Waals surface area contributed by atoms with Gasteiger partial charge in [-0.2, -0.15) is 0 Å². The molecule has 0 aliphatic carbocycles. The molecule has 1 nitrogen and oxygen atoms in total. The summed E-state index contributed by atoms with van der Waals surface area (Å²) >= 11 is 5.78. The highest BCUT2D eigenvalue weighted by Crippen LogP contribution is 2.21.